The fourth-order valence-electron chi connectivity index (χ4n) is 2.14. The zero-order valence-corrected chi connectivity index (χ0v) is 13.7. The highest BCUT2D eigenvalue weighted by atomic mass is 35.5. The molecule has 0 aliphatic heterocycles. The number of hydrogen-bond acceptors (Lipinski definition) is 3. The van der Waals surface area contributed by atoms with E-state index in [4.69, 9.17) is 21.1 Å². The molecule has 116 valence electrons. The van der Waals surface area contributed by atoms with Crippen molar-refractivity contribution in [2.24, 2.45) is 0 Å². The molecule has 0 amide bonds. The van der Waals surface area contributed by atoms with E-state index in [1.807, 2.05) is 38.1 Å². The Kier molecular flexibility index (Phi) is 5.45. The Bertz CT molecular complexity index is 680. The summed E-state index contributed by atoms with van der Waals surface area (Å²) >= 11 is 5.98. The third kappa shape index (κ3) is 4.25. The number of benzene rings is 2. The highest BCUT2D eigenvalue weighted by molar-refractivity contribution is 6.30. The predicted octanol–water partition coefficient (Wildman–Crippen LogP) is 4.85. The van der Waals surface area contributed by atoms with Gasteiger partial charge in [-0.15, -0.1) is 0 Å². The number of aryl methyl sites for hydroxylation is 1. The van der Waals surface area contributed by atoms with Gasteiger partial charge in [0.1, 0.15) is 11.5 Å². The molecule has 0 N–H and O–H groups in total. The molecule has 2 aromatic rings. The fraction of sp³-hybridized carbons (Fsp3) is 0.278. The second-order valence-corrected chi connectivity index (χ2v) is 5.51. The van der Waals surface area contributed by atoms with Crippen molar-refractivity contribution in [3.8, 4) is 11.5 Å². The van der Waals surface area contributed by atoms with Gasteiger partial charge in [-0.3, -0.25) is 4.79 Å². The average molecular weight is 319 g/mol. The molecule has 0 fully saturated rings. The normalized spacial score (nSPS) is 10.4. The molecule has 0 aliphatic rings. The fourth-order valence-corrected chi connectivity index (χ4v) is 2.32. The maximum Gasteiger partial charge on any atom is 0.310 e. The zero-order chi connectivity index (χ0) is 16.1. The number of hydrogen-bond donors (Lipinski definition) is 0. The van der Waals surface area contributed by atoms with Crippen LogP contribution in [0, 0.1) is 13.8 Å². The zero-order valence-electron chi connectivity index (χ0n) is 13.0. The summed E-state index contributed by atoms with van der Waals surface area (Å²) in [5.41, 5.74) is 2.98. The minimum absolute atomic E-state index is 0.237. The molecule has 2 aromatic carbocycles. The molecule has 2 rings (SSSR count). The lowest BCUT2D eigenvalue weighted by Crippen LogP contribution is -2.08. The molecule has 0 aliphatic carbocycles. The summed E-state index contributed by atoms with van der Waals surface area (Å²) in [7, 11) is 0. The molecule has 0 radical (unpaired) electrons. The first kappa shape index (κ1) is 16.4. The van der Waals surface area contributed by atoms with E-state index in [2.05, 4.69) is 0 Å². The number of carbonyl (C=O) groups excluding carboxylic acids is 1. The molecular weight excluding hydrogens is 300 g/mol. The van der Waals surface area contributed by atoms with Gasteiger partial charge in [-0.2, -0.15) is 0 Å². The summed E-state index contributed by atoms with van der Waals surface area (Å²) in [5.74, 6) is 1.16. The van der Waals surface area contributed by atoms with Gasteiger partial charge < -0.3 is 9.47 Å². The Morgan fingerprint density at radius 2 is 1.95 bits per heavy atom. The monoisotopic (exact) mass is 318 g/mol. The Morgan fingerprint density at radius 1 is 1.18 bits per heavy atom. The molecule has 0 atom stereocenters. The van der Waals surface area contributed by atoms with Crippen molar-refractivity contribution >= 4 is 17.6 Å². The molecule has 0 spiro atoms. The standard InChI is InChI=1S/C18H19ClO3/c1-4-21-18(20)10-14-8-12(2)13(3)17(9-14)22-16-7-5-6-15(19)11-16/h5-9,11H,4,10H2,1-3H3. The largest absolute Gasteiger partial charge is 0.466 e. The third-order valence-electron chi connectivity index (χ3n) is 3.36. The second-order valence-electron chi connectivity index (χ2n) is 5.08. The Labute approximate surface area is 135 Å². The van der Waals surface area contributed by atoms with Gasteiger partial charge in [-0.1, -0.05) is 23.7 Å². The summed E-state index contributed by atoms with van der Waals surface area (Å²) in [5, 5.41) is 0.620. The van der Waals surface area contributed by atoms with E-state index in [0.717, 1.165) is 22.4 Å². The van der Waals surface area contributed by atoms with E-state index < -0.39 is 0 Å². The molecule has 0 heterocycles. The van der Waals surface area contributed by atoms with Crippen LogP contribution < -0.4 is 4.74 Å². The van der Waals surface area contributed by atoms with Crippen LogP contribution in [-0.2, 0) is 16.0 Å². The van der Waals surface area contributed by atoms with Crippen LogP contribution in [0.25, 0.3) is 0 Å². The van der Waals surface area contributed by atoms with Gasteiger partial charge in [-0.05, 0) is 61.7 Å². The lowest BCUT2D eigenvalue weighted by Gasteiger charge is -2.13. The van der Waals surface area contributed by atoms with E-state index in [0.29, 0.717) is 17.4 Å². The van der Waals surface area contributed by atoms with Crippen LogP contribution >= 0.6 is 11.6 Å². The summed E-state index contributed by atoms with van der Waals surface area (Å²) in [6, 6.07) is 11.1. The lowest BCUT2D eigenvalue weighted by molar-refractivity contribution is -0.142. The molecule has 0 saturated heterocycles. The second kappa shape index (κ2) is 7.32. The molecule has 0 bridgehead atoms. The van der Waals surface area contributed by atoms with E-state index in [-0.39, 0.29) is 12.4 Å². The van der Waals surface area contributed by atoms with Gasteiger partial charge in [-0.25, -0.2) is 0 Å². The molecule has 0 aromatic heterocycles. The predicted molar refractivity (Wildman–Crippen MR) is 87.8 cm³/mol. The summed E-state index contributed by atoms with van der Waals surface area (Å²) in [4.78, 5) is 11.6. The van der Waals surface area contributed by atoms with Crippen LogP contribution in [-0.4, -0.2) is 12.6 Å². The molecule has 22 heavy (non-hydrogen) atoms. The van der Waals surface area contributed by atoms with Gasteiger partial charge in [0, 0.05) is 5.02 Å². The van der Waals surface area contributed by atoms with Gasteiger partial charge in [0.15, 0.2) is 0 Å². The molecule has 3 nitrogen and oxygen atoms in total. The van der Waals surface area contributed by atoms with Gasteiger partial charge in [0.25, 0.3) is 0 Å². The smallest absolute Gasteiger partial charge is 0.310 e. The number of rotatable bonds is 5. The quantitative estimate of drug-likeness (QED) is 0.739. The van der Waals surface area contributed by atoms with Crippen LogP contribution in [0.1, 0.15) is 23.6 Å². The van der Waals surface area contributed by atoms with E-state index >= 15 is 0 Å². The van der Waals surface area contributed by atoms with Crippen molar-refractivity contribution in [2.75, 3.05) is 6.61 Å². The minimum Gasteiger partial charge on any atom is -0.466 e. The van der Waals surface area contributed by atoms with Crippen molar-refractivity contribution in [1.29, 1.82) is 0 Å². The topological polar surface area (TPSA) is 35.5 Å². The van der Waals surface area contributed by atoms with Crippen LogP contribution in [0.15, 0.2) is 36.4 Å². The Hall–Kier alpha value is -2.00. The van der Waals surface area contributed by atoms with Crippen molar-refractivity contribution < 1.29 is 14.3 Å². The highest BCUT2D eigenvalue weighted by Gasteiger charge is 2.10. The van der Waals surface area contributed by atoms with Crippen LogP contribution in [0.3, 0.4) is 0 Å². The molecule has 4 heteroatoms. The van der Waals surface area contributed by atoms with Crippen LogP contribution in [0.5, 0.6) is 11.5 Å². The van der Waals surface area contributed by atoms with Crippen molar-refractivity contribution in [3.63, 3.8) is 0 Å². The van der Waals surface area contributed by atoms with Gasteiger partial charge >= 0.3 is 5.97 Å². The highest BCUT2D eigenvalue weighted by Crippen LogP contribution is 2.30. The molecular formula is C18H19ClO3. The van der Waals surface area contributed by atoms with Crippen molar-refractivity contribution in [1.82, 2.24) is 0 Å². The van der Waals surface area contributed by atoms with Crippen molar-refractivity contribution in [2.45, 2.75) is 27.2 Å². The summed E-state index contributed by atoms with van der Waals surface area (Å²) < 4.78 is 10.9. The first-order valence-electron chi connectivity index (χ1n) is 7.18. The third-order valence-corrected chi connectivity index (χ3v) is 3.59. The summed E-state index contributed by atoms with van der Waals surface area (Å²) in [6.45, 7) is 6.17. The average Bonchev–Trinajstić information content (AvgIpc) is 2.44. The van der Waals surface area contributed by atoms with Crippen LogP contribution in [0.2, 0.25) is 5.02 Å². The minimum atomic E-state index is -0.237. The lowest BCUT2D eigenvalue weighted by atomic mass is 10.0. The van der Waals surface area contributed by atoms with Crippen LogP contribution in [0.4, 0.5) is 0 Å². The summed E-state index contributed by atoms with van der Waals surface area (Å²) in [6.07, 6.45) is 0.237. The first-order valence-corrected chi connectivity index (χ1v) is 7.56. The maximum absolute atomic E-state index is 11.6. The SMILES string of the molecule is CCOC(=O)Cc1cc(C)c(C)c(Oc2cccc(Cl)c2)c1. The van der Waals surface area contributed by atoms with E-state index in [9.17, 15) is 4.79 Å². The maximum atomic E-state index is 11.6. The van der Waals surface area contributed by atoms with Gasteiger partial charge in [0.2, 0.25) is 0 Å². The van der Waals surface area contributed by atoms with E-state index in [1.165, 1.54) is 0 Å². The Balaban J connectivity index is 2.26. The number of esters is 1. The van der Waals surface area contributed by atoms with Crippen molar-refractivity contribution in [3.05, 3.63) is 58.1 Å². The number of ether oxygens (including phenoxy) is 2. The van der Waals surface area contributed by atoms with E-state index in [1.54, 1.807) is 19.1 Å². The number of carbonyl (C=O) groups is 1. The van der Waals surface area contributed by atoms with Gasteiger partial charge in [0.05, 0.1) is 13.0 Å². The Morgan fingerprint density at radius 3 is 2.64 bits per heavy atom. The molecule has 0 saturated carbocycles. The molecule has 0 unspecified atom stereocenters. The number of halogens is 1. The first-order chi connectivity index (χ1) is 10.5.